The first kappa shape index (κ1) is 28.5. The van der Waals surface area contributed by atoms with E-state index in [0.717, 1.165) is 22.5 Å². The smallest absolute Gasteiger partial charge is 0.0547 e. The van der Waals surface area contributed by atoms with Gasteiger partial charge in [0, 0.05) is 63.4 Å². The van der Waals surface area contributed by atoms with E-state index < -0.39 is 0 Å². The number of aryl methyl sites for hydroxylation is 1. The molecule has 5 heteroatoms. The van der Waals surface area contributed by atoms with Crippen LogP contribution in [-0.2, 0) is 20.1 Å². The SMILES string of the molecule is Cc1ccc(-c2[c-]cc3c(c2)c2cccc4c5ccc6sc7ccccc7c6c5n3c24)nc1.[Ir].[c-]1ccccc1-c1ccccn1. The van der Waals surface area contributed by atoms with Gasteiger partial charge in [-0.05, 0) is 53.0 Å². The number of rotatable bonds is 2. The molecule has 3 nitrogen and oxygen atoms in total. The Morgan fingerprint density at radius 3 is 2.20 bits per heavy atom. The van der Waals surface area contributed by atoms with Crippen LogP contribution >= 0.6 is 11.3 Å². The first-order valence-electron chi connectivity index (χ1n) is 15.0. The number of para-hydroxylation sites is 1. The van der Waals surface area contributed by atoms with Gasteiger partial charge in [-0.15, -0.1) is 71.0 Å². The van der Waals surface area contributed by atoms with Gasteiger partial charge in [0.25, 0.3) is 0 Å². The van der Waals surface area contributed by atoms with Crippen molar-refractivity contribution in [3.63, 3.8) is 0 Å². The van der Waals surface area contributed by atoms with E-state index in [1.165, 1.54) is 63.8 Å². The zero-order chi connectivity index (χ0) is 29.9. The van der Waals surface area contributed by atoms with Crippen LogP contribution in [0, 0.1) is 19.1 Å². The first-order chi connectivity index (χ1) is 22.2. The minimum atomic E-state index is 0. The Labute approximate surface area is 283 Å². The fourth-order valence-electron chi connectivity index (χ4n) is 6.55. The zero-order valence-electron chi connectivity index (χ0n) is 24.8. The first-order valence-corrected chi connectivity index (χ1v) is 15.8. The van der Waals surface area contributed by atoms with Gasteiger partial charge in [0.05, 0.1) is 11.0 Å². The van der Waals surface area contributed by atoms with Gasteiger partial charge < -0.3 is 14.4 Å². The van der Waals surface area contributed by atoms with Gasteiger partial charge in [-0.3, -0.25) is 0 Å². The van der Waals surface area contributed by atoms with E-state index in [1.54, 1.807) is 6.20 Å². The van der Waals surface area contributed by atoms with E-state index in [9.17, 15) is 0 Å². The van der Waals surface area contributed by atoms with Crippen molar-refractivity contribution < 1.29 is 20.1 Å². The molecule has 0 aliphatic carbocycles. The summed E-state index contributed by atoms with van der Waals surface area (Å²) in [5.41, 5.74) is 8.98. The van der Waals surface area contributed by atoms with Crippen LogP contribution in [-0.4, -0.2) is 14.4 Å². The molecule has 0 aliphatic rings. The molecular formula is C41H25IrN3S-2. The summed E-state index contributed by atoms with van der Waals surface area (Å²) in [5, 5.41) is 7.86. The van der Waals surface area contributed by atoms with Crippen LogP contribution in [0.1, 0.15) is 5.56 Å². The number of thiophene rings is 1. The Hall–Kier alpha value is -4.93. The van der Waals surface area contributed by atoms with Crippen molar-refractivity contribution in [1.29, 1.82) is 0 Å². The van der Waals surface area contributed by atoms with Crippen molar-refractivity contribution in [2.75, 3.05) is 0 Å². The Morgan fingerprint density at radius 1 is 0.609 bits per heavy atom. The molecule has 0 unspecified atom stereocenters. The standard InChI is InChI=1S/C30H17N2S.C11H8N.Ir/c1-17-9-12-24(31-16-17)18-10-13-25-23(15-18)20-7-4-6-19-21-11-14-27-28(30(21)32(25)29(19)20)22-5-2-3-8-26(22)33-27;1-2-6-10(7-3-1)11-8-4-5-9-12-11;/h2-9,11-16H,1H3;1-6,8-9H;/q2*-1;. The monoisotopic (exact) mass is 784 g/mol. The van der Waals surface area contributed by atoms with Crippen LogP contribution in [0.2, 0.25) is 0 Å². The topological polar surface area (TPSA) is 30.2 Å². The van der Waals surface area contributed by atoms with E-state index in [4.69, 9.17) is 0 Å². The molecule has 0 spiro atoms. The average Bonchev–Trinajstić information content (AvgIpc) is 3.76. The molecule has 0 fully saturated rings. The summed E-state index contributed by atoms with van der Waals surface area (Å²) in [4.78, 5) is 8.86. The van der Waals surface area contributed by atoms with Crippen LogP contribution in [0.4, 0.5) is 0 Å². The summed E-state index contributed by atoms with van der Waals surface area (Å²) >= 11 is 1.88. The molecule has 0 bridgehead atoms. The van der Waals surface area contributed by atoms with Gasteiger partial charge in [0.15, 0.2) is 0 Å². The summed E-state index contributed by atoms with van der Waals surface area (Å²) in [7, 11) is 0. The Bertz CT molecular complexity index is 2600. The normalized spacial score (nSPS) is 11.4. The van der Waals surface area contributed by atoms with Crippen molar-refractivity contribution in [3.05, 3.63) is 151 Å². The maximum absolute atomic E-state index is 4.64. The molecule has 10 aromatic rings. The summed E-state index contributed by atoms with van der Waals surface area (Å²) in [6.45, 7) is 2.07. The number of hydrogen-bond acceptors (Lipinski definition) is 3. The van der Waals surface area contributed by atoms with Crippen LogP contribution in [0.3, 0.4) is 0 Å². The van der Waals surface area contributed by atoms with E-state index in [0.29, 0.717) is 0 Å². The van der Waals surface area contributed by atoms with Crippen molar-refractivity contribution >= 4 is 69.6 Å². The maximum Gasteiger partial charge on any atom is 0.0547 e. The van der Waals surface area contributed by atoms with Crippen LogP contribution < -0.4 is 0 Å². The average molecular weight is 784 g/mol. The summed E-state index contributed by atoms with van der Waals surface area (Å²) < 4.78 is 5.14. The minimum Gasteiger partial charge on any atom is -0.349 e. The number of fused-ring (bicyclic) bond motifs is 10. The number of pyridine rings is 2. The number of aromatic nitrogens is 3. The predicted molar refractivity (Wildman–Crippen MR) is 189 cm³/mol. The van der Waals surface area contributed by atoms with Crippen molar-refractivity contribution in [1.82, 2.24) is 14.4 Å². The fraction of sp³-hybridized carbons (Fsp3) is 0.0244. The Kier molecular flexibility index (Phi) is 7.11. The quantitative estimate of drug-likeness (QED) is 0.164. The third kappa shape index (κ3) is 4.51. The largest absolute Gasteiger partial charge is 0.349 e. The molecule has 0 atom stereocenters. The third-order valence-electron chi connectivity index (χ3n) is 8.59. The fourth-order valence-corrected chi connectivity index (χ4v) is 7.66. The molecule has 1 radical (unpaired) electrons. The second-order valence-electron chi connectivity index (χ2n) is 11.3. The van der Waals surface area contributed by atoms with Gasteiger partial charge >= 0.3 is 0 Å². The molecule has 46 heavy (non-hydrogen) atoms. The molecule has 5 aromatic carbocycles. The molecule has 0 saturated carbocycles. The maximum atomic E-state index is 4.64. The molecule has 221 valence electrons. The van der Waals surface area contributed by atoms with Crippen molar-refractivity contribution in [2.24, 2.45) is 0 Å². The number of nitrogens with zero attached hydrogens (tertiary/aromatic N) is 3. The van der Waals surface area contributed by atoms with Gasteiger partial charge in [-0.25, -0.2) is 0 Å². The Balaban J connectivity index is 0.000000204. The summed E-state index contributed by atoms with van der Waals surface area (Å²) in [5.74, 6) is 0. The molecule has 0 N–H and O–H groups in total. The van der Waals surface area contributed by atoms with Gasteiger partial charge in [0.1, 0.15) is 0 Å². The van der Waals surface area contributed by atoms with Crippen LogP contribution in [0.15, 0.2) is 134 Å². The second-order valence-corrected chi connectivity index (χ2v) is 12.4. The van der Waals surface area contributed by atoms with Crippen LogP contribution in [0.5, 0.6) is 0 Å². The van der Waals surface area contributed by atoms with Crippen LogP contribution in [0.25, 0.3) is 80.8 Å². The zero-order valence-corrected chi connectivity index (χ0v) is 28.0. The molecule has 5 heterocycles. The third-order valence-corrected chi connectivity index (χ3v) is 9.72. The van der Waals surface area contributed by atoms with E-state index in [-0.39, 0.29) is 20.1 Å². The number of benzene rings is 5. The molecule has 0 amide bonds. The predicted octanol–water partition coefficient (Wildman–Crippen LogP) is 10.9. The summed E-state index contributed by atoms with van der Waals surface area (Å²) in [6, 6.07) is 49.0. The van der Waals surface area contributed by atoms with Crippen molar-refractivity contribution in [3.8, 4) is 22.5 Å². The molecule has 5 aromatic heterocycles. The van der Waals surface area contributed by atoms with Crippen molar-refractivity contribution in [2.45, 2.75) is 6.92 Å². The van der Waals surface area contributed by atoms with Gasteiger partial charge in [-0.2, -0.15) is 0 Å². The molecular weight excluding hydrogens is 759 g/mol. The van der Waals surface area contributed by atoms with E-state index in [2.05, 4.69) is 112 Å². The van der Waals surface area contributed by atoms with E-state index >= 15 is 0 Å². The molecule has 0 aliphatic heterocycles. The van der Waals surface area contributed by atoms with Gasteiger partial charge in [-0.1, -0.05) is 72.1 Å². The van der Waals surface area contributed by atoms with Gasteiger partial charge in [0.2, 0.25) is 0 Å². The second kappa shape index (κ2) is 11.5. The van der Waals surface area contributed by atoms with E-state index in [1.807, 2.05) is 60.0 Å². The molecule has 0 saturated heterocycles. The minimum absolute atomic E-state index is 0. The Morgan fingerprint density at radius 2 is 1.39 bits per heavy atom. The summed E-state index contributed by atoms with van der Waals surface area (Å²) in [6.07, 6.45) is 3.71. The number of hydrogen-bond donors (Lipinski definition) is 0. The molecule has 10 rings (SSSR count).